The molecule has 0 bridgehead atoms. The van der Waals surface area contributed by atoms with Gasteiger partial charge in [0.05, 0.1) is 11.4 Å². The lowest BCUT2D eigenvalue weighted by atomic mass is 10.1. The van der Waals surface area contributed by atoms with Crippen molar-refractivity contribution in [1.29, 1.82) is 0 Å². The summed E-state index contributed by atoms with van der Waals surface area (Å²) in [5, 5.41) is 29.2. The smallest absolute Gasteiger partial charge is 0.322 e. The molecule has 0 aromatic rings. The number of carbonyl (C=O) groups excluding carboxylic acids is 2. The Morgan fingerprint density at radius 3 is 0.977 bits per heavy atom. The maximum Gasteiger partial charge on any atom is 0.322 e. The zero-order chi connectivity index (χ0) is 32.7. The number of hydrogen-bond donors (Lipinski definition) is 6. The first kappa shape index (κ1) is 41.0. The number of rotatable bonds is 31. The van der Waals surface area contributed by atoms with Crippen molar-refractivity contribution in [3.05, 3.63) is 23.5 Å². The minimum absolute atomic E-state index is 0.0308. The molecule has 0 atom stereocenters. The number of carboxylic acid groups (broad SMARTS) is 2. The van der Waals surface area contributed by atoms with Crippen LogP contribution in [0.4, 0.5) is 0 Å². The monoisotopic (exact) mass is 622 g/mol. The fourth-order valence-electron chi connectivity index (χ4n) is 4.80. The van der Waals surface area contributed by atoms with Crippen LogP contribution in [0.25, 0.3) is 0 Å². The second-order valence-corrected chi connectivity index (χ2v) is 11.6. The summed E-state index contributed by atoms with van der Waals surface area (Å²) in [4.78, 5) is 47.7. The van der Waals surface area contributed by atoms with Crippen molar-refractivity contribution in [2.75, 3.05) is 26.2 Å². The molecule has 0 aliphatic rings. The van der Waals surface area contributed by atoms with E-state index in [0.717, 1.165) is 50.7 Å². The van der Waals surface area contributed by atoms with E-state index in [1.165, 1.54) is 89.9 Å². The summed E-state index contributed by atoms with van der Waals surface area (Å²) in [7, 11) is 0. The summed E-state index contributed by atoms with van der Waals surface area (Å²) in [6.07, 6.45) is 26.0. The molecule has 0 saturated carbocycles. The summed E-state index contributed by atoms with van der Waals surface area (Å²) in [6.45, 7) is 4.35. The van der Waals surface area contributed by atoms with E-state index in [9.17, 15) is 19.2 Å². The van der Waals surface area contributed by atoms with Gasteiger partial charge in [-0.15, -0.1) is 0 Å². The first-order valence-electron chi connectivity index (χ1n) is 17.2. The van der Waals surface area contributed by atoms with E-state index in [0.29, 0.717) is 13.1 Å². The van der Waals surface area contributed by atoms with Crippen LogP contribution in [-0.4, -0.2) is 60.1 Å². The Bertz CT molecular complexity index is 776. The normalized spacial score (nSPS) is 11.7. The Morgan fingerprint density at radius 1 is 0.432 bits per heavy atom. The number of carbonyl (C=O) groups is 4. The third-order valence-electron chi connectivity index (χ3n) is 7.36. The van der Waals surface area contributed by atoms with Gasteiger partial charge in [0.1, 0.15) is 13.1 Å². The van der Waals surface area contributed by atoms with E-state index < -0.39 is 36.8 Å². The molecule has 0 fully saturated rings. The number of amides is 2. The molecule has 0 radical (unpaired) electrons. The van der Waals surface area contributed by atoms with Crippen molar-refractivity contribution < 1.29 is 29.4 Å². The highest BCUT2D eigenvalue weighted by molar-refractivity contribution is 5.91. The van der Waals surface area contributed by atoms with Crippen molar-refractivity contribution >= 4 is 23.8 Å². The number of carboxylic acids is 2. The lowest BCUT2D eigenvalue weighted by Crippen LogP contribution is -2.33. The summed E-state index contributed by atoms with van der Waals surface area (Å²) < 4.78 is 0. The van der Waals surface area contributed by atoms with Crippen LogP contribution in [0, 0.1) is 0 Å². The Morgan fingerprint density at radius 2 is 0.705 bits per heavy atom. The molecular formula is C34H62N4O6. The zero-order valence-corrected chi connectivity index (χ0v) is 27.7. The number of unbranched alkanes of at least 4 members (excludes halogenated alkanes) is 18. The first-order chi connectivity index (χ1) is 21.3. The fourth-order valence-corrected chi connectivity index (χ4v) is 4.80. The van der Waals surface area contributed by atoms with E-state index in [-0.39, 0.29) is 11.4 Å². The van der Waals surface area contributed by atoms with Crippen LogP contribution < -0.4 is 21.3 Å². The van der Waals surface area contributed by atoms with E-state index in [1.54, 1.807) is 0 Å². The molecule has 0 saturated heterocycles. The van der Waals surface area contributed by atoms with Crippen LogP contribution >= 0.6 is 0 Å². The first-order valence-corrected chi connectivity index (χ1v) is 17.2. The van der Waals surface area contributed by atoms with Gasteiger partial charge in [0.2, 0.25) is 11.8 Å². The number of hydrogen-bond acceptors (Lipinski definition) is 6. The molecule has 44 heavy (non-hydrogen) atoms. The van der Waals surface area contributed by atoms with Gasteiger partial charge in [0, 0.05) is 25.2 Å². The molecule has 0 aliphatic heterocycles. The molecule has 0 heterocycles. The third-order valence-corrected chi connectivity index (χ3v) is 7.36. The average Bonchev–Trinajstić information content (AvgIpc) is 2.98. The Balaban J connectivity index is 4.80. The van der Waals surface area contributed by atoms with Gasteiger partial charge in [-0.1, -0.05) is 129 Å². The van der Waals surface area contributed by atoms with Gasteiger partial charge in [-0.2, -0.15) is 0 Å². The summed E-state index contributed by atoms with van der Waals surface area (Å²) in [6, 6.07) is 0. The van der Waals surface area contributed by atoms with Crippen LogP contribution in [0.3, 0.4) is 0 Å². The van der Waals surface area contributed by atoms with Crippen molar-refractivity contribution in [1.82, 2.24) is 21.3 Å². The predicted molar refractivity (Wildman–Crippen MR) is 177 cm³/mol. The highest BCUT2D eigenvalue weighted by atomic mass is 16.4. The third kappa shape index (κ3) is 27.8. The van der Waals surface area contributed by atoms with Crippen molar-refractivity contribution in [3.63, 3.8) is 0 Å². The molecule has 10 nitrogen and oxygen atoms in total. The zero-order valence-electron chi connectivity index (χ0n) is 27.7. The maximum atomic E-state index is 12.6. The molecular weight excluding hydrogens is 560 g/mol. The molecule has 0 aliphatic carbocycles. The molecule has 2 amide bonds. The minimum atomic E-state index is -1.16. The maximum absolute atomic E-state index is 12.6. The van der Waals surface area contributed by atoms with Crippen LogP contribution in [-0.2, 0) is 19.2 Å². The van der Waals surface area contributed by atoms with Gasteiger partial charge in [-0.3, -0.25) is 19.2 Å². The van der Waals surface area contributed by atoms with Gasteiger partial charge in [0.15, 0.2) is 0 Å². The quantitative estimate of drug-likeness (QED) is 0.0304. The Hall–Kier alpha value is -3.04. The predicted octanol–water partition coefficient (Wildman–Crippen LogP) is 6.18. The lowest BCUT2D eigenvalue weighted by molar-refractivity contribution is -0.136. The van der Waals surface area contributed by atoms with E-state index >= 15 is 0 Å². The van der Waals surface area contributed by atoms with Gasteiger partial charge in [-0.05, 0) is 12.8 Å². The summed E-state index contributed by atoms with van der Waals surface area (Å²) in [5.41, 5.74) is 0.0617. The molecule has 6 N–H and O–H groups in total. The van der Waals surface area contributed by atoms with Gasteiger partial charge < -0.3 is 31.5 Å². The lowest BCUT2D eigenvalue weighted by Gasteiger charge is -2.15. The van der Waals surface area contributed by atoms with Gasteiger partial charge in [-0.25, -0.2) is 0 Å². The molecule has 0 rings (SSSR count). The number of nitrogens with one attached hydrogen (secondary N) is 4. The SMILES string of the molecule is CCCCCCCCCCCCNC(=O)/C=C(NCC(=O)O)/C(=C/C(=O)NCCCCCCCCCCCC)NCC(=O)O. The second kappa shape index (κ2) is 30.0. The molecule has 0 aromatic heterocycles. The fraction of sp³-hybridized carbons (Fsp3) is 0.765. The van der Waals surface area contributed by atoms with E-state index in [1.807, 2.05) is 0 Å². The van der Waals surface area contributed by atoms with Gasteiger partial charge in [0.25, 0.3) is 0 Å². The van der Waals surface area contributed by atoms with Gasteiger partial charge >= 0.3 is 11.9 Å². The van der Waals surface area contributed by atoms with Crippen molar-refractivity contribution in [2.45, 2.75) is 142 Å². The Kier molecular flexibility index (Phi) is 27.9. The highest BCUT2D eigenvalue weighted by Gasteiger charge is 2.13. The largest absolute Gasteiger partial charge is 0.480 e. The molecule has 10 heteroatoms. The molecule has 0 unspecified atom stereocenters. The van der Waals surface area contributed by atoms with Crippen molar-refractivity contribution in [2.24, 2.45) is 0 Å². The highest BCUT2D eigenvalue weighted by Crippen LogP contribution is 2.11. The summed E-state index contributed by atoms with van der Waals surface area (Å²) in [5.74, 6) is -3.24. The van der Waals surface area contributed by atoms with Crippen LogP contribution in [0.5, 0.6) is 0 Å². The Labute approximate surface area is 266 Å². The van der Waals surface area contributed by atoms with Crippen LogP contribution in [0.1, 0.15) is 142 Å². The number of aliphatic carboxylic acids is 2. The average molecular weight is 623 g/mol. The molecule has 0 spiro atoms. The standard InChI is InChI=1S/C34H62N4O6/c1-3-5-7-9-11-13-15-17-19-21-23-35-31(39)25-29(37-27-33(41)42)30(38-28-34(43)44)26-32(40)36-24-22-20-18-16-14-12-10-8-6-4-2/h25-26,37-38H,3-24,27-28H2,1-2H3,(H,35,39)(H,36,40)(H,41,42)(H,43,44)/b29-25-,30-26-. The van der Waals surface area contributed by atoms with E-state index in [4.69, 9.17) is 10.2 Å². The summed E-state index contributed by atoms with van der Waals surface area (Å²) >= 11 is 0. The van der Waals surface area contributed by atoms with Crippen LogP contribution in [0.15, 0.2) is 23.5 Å². The van der Waals surface area contributed by atoms with E-state index in [2.05, 4.69) is 35.1 Å². The topological polar surface area (TPSA) is 157 Å². The second-order valence-electron chi connectivity index (χ2n) is 11.6. The molecule has 0 aromatic carbocycles. The molecule has 254 valence electrons. The van der Waals surface area contributed by atoms with Crippen molar-refractivity contribution in [3.8, 4) is 0 Å². The van der Waals surface area contributed by atoms with Crippen LogP contribution in [0.2, 0.25) is 0 Å². The minimum Gasteiger partial charge on any atom is -0.480 e.